The number of rotatable bonds is 8. The van der Waals surface area contributed by atoms with Gasteiger partial charge in [0, 0.05) is 31.0 Å². The fraction of sp³-hybridized carbons (Fsp3) is 0.269. The van der Waals surface area contributed by atoms with Crippen LogP contribution in [0.3, 0.4) is 0 Å². The predicted molar refractivity (Wildman–Crippen MR) is 126 cm³/mol. The number of nitrogens with zero attached hydrogens (tertiary/aromatic N) is 1. The van der Waals surface area contributed by atoms with Gasteiger partial charge in [-0.1, -0.05) is 29.8 Å². The summed E-state index contributed by atoms with van der Waals surface area (Å²) in [4.78, 5) is 28.6. The second kappa shape index (κ2) is 10.1. The van der Waals surface area contributed by atoms with Gasteiger partial charge in [-0.2, -0.15) is 13.2 Å². The average molecular weight is 503 g/mol. The molecule has 0 aliphatic heterocycles. The maximum Gasteiger partial charge on any atom is 0.417 e. The first-order valence-corrected chi connectivity index (χ1v) is 11.4. The van der Waals surface area contributed by atoms with Crippen LogP contribution in [0.4, 0.5) is 19.0 Å². The van der Waals surface area contributed by atoms with Crippen LogP contribution in [0, 0.1) is 12.8 Å². The molecule has 1 saturated carbocycles. The monoisotopic (exact) mass is 502 g/mol. The summed E-state index contributed by atoms with van der Waals surface area (Å²) in [7, 11) is 0. The number of benzene rings is 2. The zero-order chi connectivity index (χ0) is 25.2. The van der Waals surface area contributed by atoms with E-state index in [0.29, 0.717) is 17.3 Å². The molecular weight excluding hydrogens is 481 g/mol. The van der Waals surface area contributed by atoms with Crippen LogP contribution in [0.2, 0.25) is 5.02 Å². The summed E-state index contributed by atoms with van der Waals surface area (Å²) in [5, 5.41) is 2.38. The summed E-state index contributed by atoms with van der Waals surface area (Å²) in [5.41, 5.74) is 0.803. The summed E-state index contributed by atoms with van der Waals surface area (Å²) >= 11 is 5.64. The summed E-state index contributed by atoms with van der Waals surface area (Å²) in [5.74, 6) is 1.27. The van der Waals surface area contributed by atoms with Crippen LogP contribution in [0.1, 0.15) is 35.1 Å². The number of amides is 1. The number of alkyl halides is 3. The third-order valence-corrected chi connectivity index (χ3v) is 5.87. The third-order valence-electron chi connectivity index (χ3n) is 5.54. The Kier molecular flexibility index (Phi) is 7.12. The molecule has 1 aromatic heterocycles. The Balaban J connectivity index is 1.39. The van der Waals surface area contributed by atoms with Crippen LogP contribution in [-0.2, 0) is 28.6 Å². The number of halogens is 4. The Morgan fingerprint density at radius 3 is 2.40 bits per heavy atom. The minimum absolute atomic E-state index is 0.0481. The van der Waals surface area contributed by atoms with Gasteiger partial charge in [-0.25, -0.2) is 4.98 Å². The molecule has 0 bridgehead atoms. The molecule has 0 saturated heterocycles. The lowest BCUT2D eigenvalue weighted by Crippen LogP contribution is -2.14. The van der Waals surface area contributed by atoms with Crippen molar-refractivity contribution in [1.29, 1.82) is 0 Å². The topological polar surface area (TPSA) is 68.3 Å². The van der Waals surface area contributed by atoms with Crippen molar-refractivity contribution in [2.75, 3.05) is 5.32 Å². The number of carbonyl (C=O) groups excluding carboxylic acids is 2. The second-order valence-corrected chi connectivity index (χ2v) is 8.95. The van der Waals surface area contributed by atoms with Crippen molar-refractivity contribution in [3.63, 3.8) is 0 Å². The number of ether oxygens (including phenoxy) is 1. The molecule has 0 spiro atoms. The highest BCUT2D eigenvalue weighted by Gasteiger charge is 2.33. The molecule has 5 nitrogen and oxygen atoms in total. The lowest BCUT2D eigenvalue weighted by atomic mass is 10.00. The summed E-state index contributed by atoms with van der Waals surface area (Å²) in [6.45, 7) is 1.83. The van der Waals surface area contributed by atoms with Crippen molar-refractivity contribution in [2.45, 2.75) is 38.8 Å². The molecule has 1 aliphatic carbocycles. The number of aryl methyl sites for hydroxylation is 1. The van der Waals surface area contributed by atoms with Crippen molar-refractivity contribution in [3.05, 3.63) is 82.0 Å². The number of Topliss-reactive ketones (excluding diaryl/α,β-unsaturated/α-hetero) is 1. The molecule has 3 aromatic rings. The van der Waals surface area contributed by atoms with Crippen LogP contribution < -0.4 is 10.1 Å². The molecule has 1 fully saturated rings. The number of aromatic nitrogens is 1. The van der Waals surface area contributed by atoms with Gasteiger partial charge >= 0.3 is 6.18 Å². The molecule has 9 heteroatoms. The van der Waals surface area contributed by atoms with Crippen LogP contribution in [-0.4, -0.2) is 16.7 Å². The smallest absolute Gasteiger partial charge is 0.417 e. The molecule has 4 rings (SSSR count). The molecule has 0 atom stereocenters. The SMILES string of the molecule is Cc1cc(CC(=O)Cc2ccc(Cl)c(C(F)(F)F)c2)ccc1Oc1ccnc(NC(=O)C2CC2)c1. The van der Waals surface area contributed by atoms with Gasteiger partial charge in [0.25, 0.3) is 0 Å². The van der Waals surface area contributed by atoms with Gasteiger partial charge in [-0.3, -0.25) is 9.59 Å². The van der Waals surface area contributed by atoms with E-state index in [1.165, 1.54) is 6.07 Å². The van der Waals surface area contributed by atoms with Gasteiger partial charge in [0.2, 0.25) is 5.91 Å². The van der Waals surface area contributed by atoms with Gasteiger partial charge in [0.05, 0.1) is 10.6 Å². The maximum absolute atomic E-state index is 13.1. The van der Waals surface area contributed by atoms with Crippen molar-refractivity contribution in [3.8, 4) is 11.5 Å². The highest BCUT2D eigenvalue weighted by Crippen LogP contribution is 2.35. The minimum Gasteiger partial charge on any atom is -0.457 e. The van der Waals surface area contributed by atoms with Gasteiger partial charge < -0.3 is 10.1 Å². The summed E-state index contributed by atoms with van der Waals surface area (Å²) < 4.78 is 45.1. The highest BCUT2D eigenvalue weighted by atomic mass is 35.5. The van der Waals surface area contributed by atoms with E-state index < -0.39 is 16.8 Å². The standard InChI is InChI=1S/C26H22ClF3N2O3/c1-15-10-16(11-19(33)12-17-2-6-22(27)21(13-17)26(28,29)30)3-7-23(15)35-20-8-9-31-24(14-20)32-25(34)18-4-5-18/h2-3,6-10,13-14,18H,4-5,11-12H2,1H3,(H,31,32,34). The van der Waals surface area contributed by atoms with Gasteiger partial charge in [0.1, 0.15) is 23.1 Å². The first kappa shape index (κ1) is 24.7. The Morgan fingerprint density at radius 1 is 1.06 bits per heavy atom. The number of carbonyl (C=O) groups is 2. The van der Waals surface area contributed by atoms with E-state index in [-0.39, 0.29) is 36.0 Å². The Hall–Kier alpha value is -3.39. The number of hydrogen-bond donors (Lipinski definition) is 1. The molecule has 182 valence electrons. The highest BCUT2D eigenvalue weighted by molar-refractivity contribution is 6.31. The lowest BCUT2D eigenvalue weighted by Gasteiger charge is -2.12. The van der Waals surface area contributed by atoms with Gasteiger partial charge in [-0.05, 0) is 60.7 Å². The van der Waals surface area contributed by atoms with Crippen LogP contribution in [0.15, 0.2) is 54.7 Å². The largest absolute Gasteiger partial charge is 0.457 e. The Labute approximate surface area is 205 Å². The maximum atomic E-state index is 13.1. The number of anilines is 1. The number of pyridine rings is 1. The first-order chi connectivity index (χ1) is 16.6. The van der Waals surface area contributed by atoms with E-state index in [9.17, 15) is 22.8 Å². The molecular formula is C26H22ClF3N2O3. The van der Waals surface area contributed by atoms with Crippen LogP contribution in [0.5, 0.6) is 11.5 Å². The van der Waals surface area contributed by atoms with Crippen LogP contribution in [0.25, 0.3) is 0 Å². The molecule has 1 N–H and O–H groups in total. The van der Waals surface area contributed by atoms with E-state index >= 15 is 0 Å². The van der Waals surface area contributed by atoms with E-state index in [1.807, 2.05) is 6.92 Å². The molecule has 1 aliphatic rings. The minimum atomic E-state index is -4.58. The third kappa shape index (κ3) is 6.60. The predicted octanol–water partition coefficient (Wildman–Crippen LogP) is 6.56. The van der Waals surface area contributed by atoms with Crippen LogP contribution >= 0.6 is 11.6 Å². The van der Waals surface area contributed by atoms with E-state index in [2.05, 4.69) is 10.3 Å². The molecule has 0 unspecified atom stereocenters. The van der Waals surface area contributed by atoms with E-state index in [0.717, 1.165) is 36.1 Å². The fourth-order valence-corrected chi connectivity index (χ4v) is 3.82. The Bertz CT molecular complexity index is 1270. The van der Waals surface area contributed by atoms with Crippen molar-refractivity contribution < 1.29 is 27.5 Å². The Morgan fingerprint density at radius 2 is 1.74 bits per heavy atom. The van der Waals surface area contributed by atoms with Crippen molar-refractivity contribution in [2.24, 2.45) is 5.92 Å². The number of ketones is 1. The first-order valence-electron chi connectivity index (χ1n) is 11.0. The normalized spacial score (nSPS) is 13.4. The zero-order valence-electron chi connectivity index (χ0n) is 18.8. The van der Waals surface area contributed by atoms with Gasteiger partial charge in [-0.15, -0.1) is 0 Å². The molecule has 2 aromatic carbocycles. The molecule has 1 amide bonds. The molecule has 35 heavy (non-hydrogen) atoms. The number of hydrogen-bond acceptors (Lipinski definition) is 4. The fourth-order valence-electron chi connectivity index (χ4n) is 3.60. The van der Waals surface area contributed by atoms with E-state index in [4.69, 9.17) is 16.3 Å². The second-order valence-electron chi connectivity index (χ2n) is 8.55. The summed E-state index contributed by atoms with van der Waals surface area (Å²) in [6.07, 6.45) is -1.32. The number of nitrogens with one attached hydrogen (secondary N) is 1. The quantitative estimate of drug-likeness (QED) is 0.379. The summed E-state index contributed by atoms with van der Waals surface area (Å²) in [6, 6.07) is 12.1. The molecule has 1 heterocycles. The molecule has 0 radical (unpaired) electrons. The average Bonchev–Trinajstić information content (AvgIpc) is 3.62. The van der Waals surface area contributed by atoms with Crippen molar-refractivity contribution in [1.82, 2.24) is 4.98 Å². The van der Waals surface area contributed by atoms with Crippen molar-refractivity contribution >= 4 is 29.1 Å². The zero-order valence-corrected chi connectivity index (χ0v) is 19.5. The lowest BCUT2D eigenvalue weighted by molar-refractivity contribution is -0.137. The van der Waals surface area contributed by atoms with Gasteiger partial charge in [0.15, 0.2) is 0 Å². The van der Waals surface area contributed by atoms with E-state index in [1.54, 1.807) is 36.5 Å².